The van der Waals surface area contributed by atoms with E-state index in [0.29, 0.717) is 0 Å². The molecule has 0 amide bonds. The molecule has 0 aromatic heterocycles. The van der Waals surface area contributed by atoms with Crippen molar-refractivity contribution in [2.45, 2.75) is 45.4 Å². The average molecular weight is 183 g/mol. The van der Waals surface area contributed by atoms with Gasteiger partial charge in [-0.3, -0.25) is 0 Å². The fraction of sp³-hybridized carbons (Fsp3) is 0.833. The summed E-state index contributed by atoms with van der Waals surface area (Å²) in [7, 11) is 4.26. The van der Waals surface area contributed by atoms with Gasteiger partial charge < -0.3 is 4.90 Å². The van der Waals surface area contributed by atoms with Crippen molar-refractivity contribution in [3.63, 3.8) is 0 Å². The molecule has 0 fully saturated rings. The van der Waals surface area contributed by atoms with E-state index in [-0.39, 0.29) is 0 Å². The second-order valence-electron chi connectivity index (χ2n) is 3.91. The smallest absolute Gasteiger partial charge is 0.00219 e. The van der Waals surface area contributed by atoms with Crippen molar-refractivity contribution in [1.82, 2.24) is 4.90 Å². The summed E-state index contributed by atoms with van der Waals surface area (Å²) in [6, 6.07) is 0. The van der Waals surface area contributed by atoms with E-state index >= 15 is 0 Å². The SMILES string of the molecule is CCCCC/C=C\CCCN(C)C. The summed E-state index contributed by atoms with van der Waals surface area (Å²) in [5.41, 5.74) is 0. The van der Waals surface area contributed by atoms with Crippen molar-refractivity contribution in [1.29, 1.82) is 0 Å². The van der Waals surface area contributed by atoms with Crippen LogP contribution in [-0.4, -0.2) is 25.5 Å². The summed E-state index contributed by atoms with van der Waals surface area (Å²) in [6.45, 7) is 3.46. The van der Waals surface area contributed by atoms with Crippen molar-refractivity contribution in [3.05, 3.63) is 12.2 Å². The van der Waals surface area contributed by atoms with Gasteiger partial charge in [-0.1, -0.05) is 31.9 Å². The summed E-state index contributed by atoms with van der Waals surface area (Å²) >= 11 is 0. The molecule has 0 aromatic carbocycles. The quantitative estimate of drug-likeness (QED) is 0.411. The van der Waals surface area contributed by atoms with Crippen LogP contribution < -0.4 is 0 Å². The van der Waals surface area contributed by atoms with Gasteiger partial charge in [0.2, 0.25) is 0 Å². The highest BCUT2D eigenvalue weighted by atomic mass is 15.0. The molecule has 0 aliphatic heterocycles. The zero-order valence-electron chi connectivity index (χ0n) is 9.55. The van der Waals surface area contributed by atoms with Gasteiger partial charge in [-0.2, -0.15) is 0 Å². The molecule has 0 rings (SSSR count). The van der Waals surface area contributed by atoms with Crippen LogP contribution in [0, 0.1) is 0 Å². The second-order valence-corrected chi connectivity index (χ2v) is 3.91. The molecule has 0 atom stereocenters. The van der Waals surface area contributed by atoms with Gasteiger partial charge in [-0.05, 0) is 46.3 Å². The lowest BCUT2D eigenvalue weighted by molar-refractivity contribution is 0.402. The Hall–Kier alpha value is -0.300. The number of allylic oxidation sites excluding steroid dienone is 2. The Balaban J connectivity index is 3.03. The lowest BCUT2D eigenvalue weighted by Gasteiger charge is -2.06. The van der Waals surface area contributed by atoms with Crippen LogP contribution in [0.1, 0.15) is 45.4 Å². The van der Waals surface area contributed by atoms with Crippen LogP contribution in [0.4, 0.5) is 0 Å². The molecule has 0 spiro atoms. The molecule has 0 saturated heterocycles. The molecule has 1 heteroatoms. The van der Waals surface area contributed by atoms with Gasteiger partial charge in [0.15, 0.2) is 0 Å². The molecule has 13 heavy (non-hydrogen) atoms. The molecule has 0 bridgehead atoms. The molecule has 1 nitrogen and oxygen atoms in total. The van der Waals surface area contributed by atoms with Gasteiger partial charge in [-0.25, -0.2) is 0 Å². The molecule has 0 unspecified atom stereocenters. The maximum atomic E-state index is 2.34. The van der Waals surface area contributed by atoms with Gasteiger partial charge in [-0.15, -0.1) is 0 Å². The Labute approximate surface area is 83.8 Å². The van der Waals surface area contributed by atoms with Crippen LogP contribution in [0.15, 0.2) is 12.2 Å². The van der Waals surface area contributed by atoms with E-state index in [4.69, 9.17) is 0 Å². The predicted octanol–water partition coefficient (Wildman–Crippen LogP) is 3.46. The number of nitrogens with zero attached hydrogens (tertiary/aromatic N) is 1. The Kier molecular flexibility index (Phi) is 9.56. The third-order valence-corrected chi connectivity index (χ3v) is 2.12. The number of unbranched alkanes of at least 4 members (excludes halogenated alkanes) is 4. The zero-order chi connectivity index (χ0) is 9.94. The van der Waals surface area contributed by atoms with Gasteiger partial charge in [0.05, 0.1) is 0 Å². The summed E-state index contributed by atoms with van der Waals surface area (Å²) < 4.78 is 0. The van der Waals surface area contributed by atoms with Crippen molar-refractivity contribution in [2.24, 2.45) is 0 Å². The van der Waals surface area contributed by atoms with Crippen LogP contribution in [0.3, 0.4) is 0 Å². The summed E-state index contributed by atoms with van der Waals surface area (Å²) in [6.07, 6.45) is 12.5. The minimum absolute atomic E-state index is 1.21. The maximum absolute atomic E-state index is 2.34. The number of hydrogen-bond donors (Lipinski definition) is 0. The van der Waals surface area contributed by atoms with E-state index < -0.39 is 0 Å². The molecule has 0 aliphatic rings. The molecular weight excluding hydrogens is 158 g/mol. The highest BCUT2D eigenvalue weighted by molar-refractivity contribution is 4.81. The summed E-state index contributed by atoms with van der Waals surface area (Å²) in [5.74, 6) is 0. The molecule has 0 N–H and O–H groups in total. The van der Waals surface area contributed by atoms with Gasteiger partial charge in [0.25, 0.3) is 0 Å². The largest absolute Gasteiger partial charge is 0.309 e. The highest BCUT2D eigenvalue weighted by Gasteiger charge is 1.87. The lowest BCUT2D eigenvalue weighted by atomic mass is 10.2. The Bertz CT molecular complexity index is 116. The first-order valence-electron chi connectivity index (χ1n) is 5.57. The summed E-state index contributed by atoms with van der Waals surface area (Å²) in [4.78, 5) is 2.24. The van der Waals surface area contributed by atoms with Crippen LogP contribution in [-0.2, 0) is 0 Å². The first-order valence-corrected chi connectivity index (χ1v) is 5.57. The summed E-state index contributed by atoms with van der Waals surface area (Å²) in [5, 5.41) is 0. The zero-order valence-corrected chi connectivity index (χ0v) is 9.55. The fourth-order valence-corrected chi connectivity index (χ4v) is 1.27. The maximum Gasteiger partial charge on any atom is -0.00219 e. The Morgan fingerprint density at radius 1 is 0.923 bits per heavy atom. The topological polar surface area (TPSA) is 3.24 Å². The number of hydrogen-bond acceptors (Lipinski definition) is 1. The van der Waals surface area contributed by atoms with Gasteiger partial charge in [0.1, 0.15) is 0 Å². The molecule has 78 valence electrons. The van der Waals surface area contributed by atoms with E-state index in [2.05, 4.69) is 38.1 Å². The van der Waals surface area contributed by atoms with E-state index in [1.54, 1.807) is 0 Å². The minimum atomic E-state index is 1.21. The molecular formula is C12H25N. The molecule has 0 radical (unpaired) electrons. The predicted molar refractivity (Wildman–Crippen MR) is 61.1 cm³/mol. The van der Waals surface area contributed by atoms with E-state index in [9.17, 15) is 0 Å². The minimum Gasteiger partial charge on any atom is -0.309 e. The average Bonchev–Trinajstić information content (AvgIpc) is 2.09. The standard InChI is InChI=1S/C12H25N/c1-4-5-6-7-8-9-10-11-12-13(2)3/h8-9H,4-7,10-12H2,1-3H3/b9-8-. The first kappa shape index (κ1) is 12.7. The highest BCUT2D eigenvalue weighted by Crippen LogP contribution is 2.01. The third kappa shape index (κ3) is 11.7. The second kappa shape index (κ2) is 9.79. The molecule has 0 heterocycles. The van der Waals surface area contributed by atoms with Crippen LogP contribution in [0.5, 0.6) is 0 Å². The van der Waals surface area contributed by atoms with E-state index in [1.807, 2.05) is 0 Å². The van der Waals surface area contributed by atoms with Crippen molar-refractivity contribution < 1.29 is 0 Å². The number of rotatable bonds is 8. The molecule has 0 aliphatic carbocycles. The van der Waals surface area contributed by atoms with Crippen molar-refractivity contribution >= 4 is 0 Å². The van der Waals surface area contributed by atoms with Crippen LogP contribution in [0.2, 0.25) is 0 Å². The Morgan fingerprint density at radius 3 is 2.08 bits per heavy atom. The van der Waals surface area contributed by atoms with Crippen molar-refractivity contribution in [2.75, 3.05) is 20.6 Å². The Morgan fingerprint density at radius 2 is 1.54 bits per heavy atom. The first-order chi connectivity index (χ1) is 6.27. The molecule has 0 aromatic rings. The monoisotopic (exact) mass is 183 g/mol. The van der Waals surface area contributed by atoms with Crippen LogP contribution in [0.25, 0.3) is 0 Å². The third-order valence-electron chi connectivity index (χ3n) is 2.12. The van der Waals surface area contributed by atoms with Crippen molar-refractivity contribution in [3.8, 4) is 0 Å². The normalized spacial score (nSPS) is 11.7. The molecule has 0 saturated carbocycles. The van der Waals surface area contributed by atoms with Gasteiger partial charge in [0, 0.05) is 0 Å². The lowest BCUT2D eigenvalue weighted by Crippen LogP contribution is -2.12. The van der Waals surface area contributed by atoms with Gasteiger partial charge >= 0.3 is 0 Å². The van der Waals surface area contributed by atoms with E-state index in [1.165, 1.54) is 45.1 Å². The fourth-order valence-electron chi connectivity index (χ4n) is 1.27. The van der Waals surface area contributed by atoms with E-state index in [0.717, 1.165) is 0 Å². The van der Waals surface area contributed by atoms with Crippen LogP contribution >= 0.6 is 0 Å².